The van der Waals surface area contributed by atoms with Crippen LogP contribution in [-0.4, -0.2) is 39.6 Å². The fraction of sp³-hybridized carbons (Fsp3) is 0.233. The summed E-state index contributed by atoms with van der Waals surface area (Å²) in [5.41, 5.74) is -0.574. The fourth-order valence-corrected chi connectivity index (χ4v) is 5.16. The summed E-state index contributed by atoms with van der Waals surface area (Å²) in [6.45, 7) is 1.75. The van der Waals surface area contributed by atoms with Crippen LogP contribution in [0.1, 0.15) is 57.0 Å². The first kappa shape index (κ1) is 29.0. The van der Waals surface area contributed by atoms with Gasteiger partial charge in [-0.25, -0.2) is 9.48 Å². The molecule has 2 aliphatic heterocycles. The van der Waals surface area contributed by atoms with E-state index in [1.165, 1.54) is 59.5 Å². The molecule has 0 saturated heterocycles. The molecular formula is C30H22F5N3O6. The van der Waals surface area contributed by atoms with Gasteiger partial charge in [0.05, 0.1) is 11.3 Å². The largest absolute Gasteiger partial charge is 0.586 e. The third-order valence-electron chi connectivity index (χ3n) is 7.18. The van der Waals surface area contributed by atoms with E-state index in [0.29, 0.717) is 5.56 Å². The van der Waals surface area contributed by atoms with Crippen molar-refractivity contribution in [3.63, 3.8) is 0 Å². The Balaban J connectivity index is 1.34. The molecule has 1 aromatic heterocycles. The zero-order valence-corrected chi connectivity index (χ0v) is 22.8. The molecule has 0 spiro atoms. The van der Waals surface area contributed by atoms with E-state index in [0.717, 1.165) is 4.68 Å². The van der Waals surface area contributed by atoms with Gasteiger partial charge < -0.3 is 19.3 Å². The minimum Gasteiger partial charge on any atom is -0.486 e. The summed E-state index contributed by atoms with van der Waals surface area (Å²) in [4.78, 5) is 26.0. The molecule has 0 saturated carbocycles. The fourth-order valence-electron chi connectivity index (χ4n) is 5.16. The number of ether oxygens (including phenoxy) is 3. The van der Waals surface area contributed by atoms with Gasteiger partial charge in [0.1, 0.15) is 17.7 Å². The van der Waals surface area contributed by atoms with Gasteiger partial charge >= 0.3 is 18.4 Å². The van der Waals surface area contributed by atoms with E-state index in [1.54, 1.807) is 19.1 Å². The molecule has 1 unspecified atom stereocenters. The lowest BCUT2D eigenvalue weighted by molar-refractivity contribution is -0.286. The minimum atomic E-state index is -4.80. The quantitative estimate of drug-likeness (QED) is 0.243. The van der Waals surface area contributed by atoms with Crippen LogP contribution in [0.3, 0.4) is 0 Å². The molecule has 3 aromatic carbocycles. The number of aromatic nitrogens is 2. The minimum absolute atomic E-state index is 0.0301. The highest BCUT2D eigenvalue weighted by molar-refractivity contribution is 6.07. The Hall–Kier alpha value is -5.14. The van der Waals surface area contributed by atoms with Crippen LogP contribution in [-0.2, 0) is 12.6 Å². The van der Waals surface area contributed by atoms with E-state index >= 15 is 0 Å². The number of carboxylic acid groups (broad SMARTS) is 1. The van der Waals surface area contributed by atoms with Gasteiger partial charge in [-0.05, 0) is 73.9 Å². The Morgan fingerprint density at radius 2 is 1.70 bits per heavy atom. The standard InChI is InChI=1S/C30H22F5N3O6/c1-16(19-11-12-23-24(14-19)44-30(34,35)43-23)42-21-5-2-4-20(15-21)38-26-22(25(36-38)29(31,32)33)6-3-13-37(26)27(39)17-7-9-18(10-8-17)28(40)41/h2,4-5,7-12,14-16H,3,6,13H2,1H3,(H,40,41). The Kier molecular flexibility index (Phi) is 6.94. The zero-order valence-electron chi connectivity index (χ0n) is 22.8. The molecule has 44 heavy (non-hydrogen) atoms. The van der Waals surface area contributed by atoms with E-state index in [4.69, 9.17) is 4.74 Å². The monoisotopic (exact) mass is 615 g/mol. The predicted molar refractivity (Wildman–Crippen MR) is 144 cm³/mol. The Bertz CT molecular complexity index is 1770. The second-order valence-electron chi connectivity index (χ2n) is 10.1. The molecular weight excluding hydrogens is 593 g/mol. The molecule has 4 aromatic rings. The number of rotatable bonds is 6. The molecule has 228 valence electrons. The maximum absolute atomic E-state index is 14.1. The number of benzene rings is 3. The molecule has 1 atom stereocenters. The summed E-state index contributed by atoms with van der Waals surface area (Å²) in [6.07, 6.45) is -9.00. The van der Waals surface area contributed by atoms with E-state index in [-0.39, 0.29) is 64.8 Å². The molecule has 6 rings (SSSR count). The average Bonchev–Trinajstić information content (AvgIpc) is 3.53. The molecule has 1 N–H and O–H groups in total. The Morgan fingerprint density at radius 3 is 2.41 bits per heavy atom. The Morgan fingerprint density at radius 1 is 1.00 bits per heavy atom. The highest BCUT2D eigenvalue weighted by Gasteiger charge is 2.44. The van der Waals surface area contributed by atoms with Crippen LogP contribution in [0.4, 0.5) is 27.8 Å². The van der Waals surface area contributed by atoms with Crippen molar-refractivity contribution in [2.45, 2.75) is 38.3 Å². The van der Waals surface area contributed by atoms with Gasteiger partial charge in [-0.3, -0.25) is 9.69 Å². The number of fused-ring (bicyclic) bond motifs is 2. The van der Waals surface area contributed by atoms with E-state index in [9.17, 15) is 36.6 Å². The van der Waals surface area contributed by atoms with Gasteiger partial charge in [-0.1, -0.05) is 12.1 Å². The van der Waals surface area contributed by atoms with Crippen LogP contribution in [0, 0.1) is 0 Å². The molecule has 3 heterocycles. The lowest BCUT2D eigenvalue weighted by Crippen LogP contribution is -2.37. The summed E-state index contributed by atoms with van der Waals surface area (Å²) in [5, 5.41) is 13.1. The highest BCUT2D eigenvalue weighted by atomic mass is 19.4. The lowest BCUT2D eigenvalue weighted by Gasteiger charge is -2.29. The molecule has 0 fully saturated rings. The van der Waals surface area contributed by atoms with Gasteiger partial charge in [0, 0.05) is 23.7 Å². The maximum Gasteiger partial charge on any atom is 0.586 e. The Labute approximate surface area is 246 Å². The van der Waals surface area contributed by atoms with E-state index in [2.05, 4.69) is 14.6 Å². The van der Waals surface area contributed by atoms with Crippen LogP contribution in [0.2, 0.25) is 0 Å². The number of anilines is 1. The molecule has 14 heteroatoms. The second kappa shape index (κ2) is 10.5. The number of carbonyl (C=O) groups excluding carboxylic acids is 1. The number of carbonyl (C=O) groups is 2. The predicted octanol–water partition coefficient (Wildman–Crippen LogP) is 6.64. The van der Waals surface area contributed by atoms with Crippen LogP contribution in [0.15, 0.2) is 66.7 Å². The number of amides is 1. The smallest absolute Gasteiger partial charge is 0.486 e. The summed E-state index contributed by atoms with van der Waals surface area (Å²) < 4.78 is 85.2. The van der Waals surface area contributed by atoms with E-state index < -0.39 is 36.1 Å². The zero-order chi connectivity index (χ0) is 31.4. The molecule has 0 aliphatic carbocycles. The SMILES string of the molecule is CC(Oc1cccc(-n2nc(C(F)(F)F)c3c2N(C(=O)c2ccc(C(=O)O)cc2)CCC3)c1)c1ccc2c(c1)OC(F)(F)O2. The molecule has 9 nitrogen and oxygen atoms in total. The normalized spacial score (nSPS) is 15.9. The highest BCUT2D eigenvalue weighted by Crippen LogP contribution is 2.43. The molecule has 1 amide bonds. The van der Waals surface area contributed by atoms with Crippen molar-refractivity contribution in [2.75, 3.05) is 11.4 Å². The van der Waals surface area contributed by atoms with Crippen molar-refractivity contribution in [2.24, 2.45) is 0 Å². The third kappa shape index (κ3) is 5.38. The van der Waals surface area contributed by atoms with Crippen LogP contribution in [0.5, 0.6) is 17.2 Å². The third-order valence-corrected chi connectivity index (χ3v) is 7.18. The summed E-state index contributed by atoms with van der Waals surface area (Å²) in [5.74, 6) is -1.93. The van der Waals surface area contributed by atoms with Gasteiger partial charge in [-0.2, -0.15) is 18.3 Å². The summed E-state index contributed by atoms with van der Waals surface area (Å²) in [7, 11) is 0. The summed E-state index contributed by atoms with van der Waals surface area (Å²) in [6, 6.07) is 15.3. The van der Waals surface area contributed by atoms with Crippen molar-refractivity contribution >= 4 is 17.7 Å². The van der Waals surface area contributed by atoms with Crippen molar-refractivity contribution in [1.29, 1.82) is 0 Å². The maximum atomic E-state index is 14.1. The van der Waals surface area contributed by atoms with Gasteiger partial charge in [0.15, 0.2) is 17.2 Å². The second-order valence-corrected chi connectivity index (χ2v) is 10.1. The molecule has 0 radical (unpaired) electrons. The number of halogens is 5. The first-order valence-corrected chi connectivity index (χ1v) is 13.3. The van der Waals surface area contributed by atoms with Gasteiger partial charge in [0.2, 0.25) is 0 Å². The number of hydrogen-bond acceptors (Lipinski definition) is 6. The van der Waals surface area contributed by atoms with Crippen LogP contribution < -0.4 is 19.1 Å². The number of aromatic carboxylic acids is 1. The van der Waals surface area contributed by atoms with Crippen LogP contribution >= 0.6 is 0 Å². The first-order valence-electron chi connectivity index (χ1n) is 13.3. The number of nitrogens with zero attached hydrogens (tertiary/aromatic N) is 3. The summed E-state index contributed by atoms with van der Waals surface area (Å²) >= 11 is 0. The van der Waals surface area contributed by atoms with Gasteiger partial charge in [0.25, 0.3) is 5.91 Å². The number of carboxylic acids is 1. The van der Waals surface area contributed by atoms with Crippen molar-refractivity contribution in [3.8, 4) is 22.9 Å². The van der Waals surface area contributed by atoms with Gasteiger partial charge in [-0.15, -0.1) is 8.78 Å². The lowest BCUT2D eigenvalue weighted by atomic mass is 10.0. The molecule has 0 bridgehead atoms. The van der Waals surface area contributed by atoms with Crippen molar-refractivity contribution in [3.05, 3.63) is 94.7 Å². The number of alkyl halides is 5. The van der Waals surface area contributed by atoms with Crippen LogP contribution in [0.25, 0.3) is 5.69 Å². The number of hydrogen-bond donors (Lipinski definition) is 1. The van der Waals surface area contributed by atoms with E-state index in [1.807, 2.05) is 0 Å². The first-order chi connectivity index (χ1) is 20.8. The molecule has 2 aliphatic rings. The topological polar surface area (TPSA) is 103 Å². The average molecular weight is 616 g/mol. The van der Waals surface area contributed by atoms with Crippen molar-refractivity contribution < 1.29 is 50.9 Å². The van der Waals surface area contributed by atoms with Crippen molar-refractivity contribution in [1.82, 2.24) is 9.78 Å².